The Hall–Kier alpha value is -0.650. The van der Waals surface area contributed by atoms with Crippen molar-refractivity contribution < 1.29 is 19.4 Å². The quantitative estimate of drug-likeness (QED) is 0.627. The molecule has 0 aliphatic carbocycles. The van der Waals surface area contributed by atoms with Gasteiger partial charge in [-0.2, -0.15) is 0 Å². The number of carbonyl (C=O) groups is 1. The van der Waals surface area contributed by atoms with Gasteiger partial charge in [-0.1, -0.05) is 0 Å². The fourth-order valence-electron chi connectivity index (χ4n) is 1.55. The Morgan fingerprint density at radius 2 is 2.50 bits per heavy atom. The van der Waals surface area contributed by atoms with Gasteiger partial charge < -0.3 is 14.6 Å². The van der Waals surface area contributed by atoms with Crippen LogP contribution >= 0.6 is 0 Å². The third-order valence-electron chi connectivity index (χ3n) is 2.32. The first-order valence-corrected chi connectivity index (χ1v) is 4.79. The fraction of sp³-hybridized carbons (Fsp3) is 0.889. The van der Waals surface area contributed by atoms with Crippen LogP contribution in [0, 0.1) is 0 Å². The van der Waals surface area contributed by atoms with E-state index >= 15 is 0 Å². The van der Waals surface area contributed by atoms with Crippen LogP contribution in [-0.4, -0.2) is 62.0 Å². The van der Waals surface area contributed by atoms with Crippen molar-refractivity contribution in [3.63, 3.8) is 0 Å². The molecule has 0 aromatic heterocycles. The lowest BCUT2D eigenvalue weighted by molar-refractivity contribution is -0.149. The smallest absolute Gasteiger partial charge is 0.323 e. The summed E-state index contributed by atoms with van der Waals surface area (Å²) in [5.41, 5.74) is 0. The molecule has 1 atom stereocenters. The molecule has 0 radical (unpaired) electrons. The van der Waals surface area contributed by atoms with Crippen molar-refractivity contribution in [1.82, 2.24) is 4.90 Å². The number of rotatable bonds is 5. The first-order valence-electron chi connectivity index (χ1n) is 4.79. The van der Waals surface area contributed by atoms with Crippen LogP contribution in [0.1, 0.15) is 6.42 Å². The minimum absolute atomic E-state index is 0.294. The highest BCUT2D eigenvalue weighted by Crippen LogP contribution is 2.07. The van der Waals surface area contributed by atoms with Crippen LogP contribution in [0.25, 0.3) is 0 Å². The molecule has 0 bridgehead atoms. The minimum Gasteiger partial charge on any atom is -0.480 e. The summed E-state index contributed by atoms with van der Waals surface area (Å²) >= 11 is 0. The molecular weight excluding hydrogens is 186 g/mol. The molecular formula is C9H17NO4. The number of ether oxygens (including phenoxy) is 2. The van der Waals surface area contributed by atoms with Gasteiger partial charge in [-0.15, -0.1) is 0 Å². The van der Waals surface area contributed by atoms with Gasteiger partial charge in [0.2, 0.25) is 0 Å². The summed E-state index contributed by atoms with van der Waals surface area (Å²) < 4.78 is 10.0. The molecule has 1 unspecified atom stereocenters. The number of carboxylic acid groups (broad SMARTS) is 1. The molecule has 1 heterocycles. The van der Waals surface area contributed by atoms with Crippen LogP contribution in [-0.2, 0) is 14.3 Å². The number of carboxylic acids is 1. The van der Waals surface area contributed by atoms with Crippen LogP contribution in [0.3, 0.4) is 0 Å². The van der Waals surface area contributed by atoms with E-state index in [-0.39, 0.29) is 0 Å². The van der Waals surface area contributed by atoms with Crippen LogP contribution in [0.15, 0.2) is 0 Å². The Morgan fingerprint density at radius 3 is 3.14 bits per heavy atom. The molecule has 1 N–H and O–H groups in total. The molecule has 0 amide bonds. The normalized spacial score (nSPS) is 23.6. The Labute approximate surface area is 83.6 Å². The van der Waals surface area contributed by atoms with Gasteiger partial charge >= 0.3 is 5.97 Å². The molecule has 1 aliphatic rings. The maximum atomic E-state index is 10.8. The van der Waals surface area contributed by atoms with Gasteiger partial charge in [0.05, 0.1) is 13.2 Å². The van der Waals surface area contributed by atoms with E-state index in [0.29, 0.717) is 26.4 Å². The molecule has 0 aromatic rings. The van der Waals surface area contributed by atoms with Gasteiger partial charge in [0.25, 0.3) is 0 Å². The predicted octanol–water partition coefficient (Wildman–Crippen LogP) is -0.192. The molecule has 0 spiro atoms. The van der Waals surface area contributed by atoms with Gasteiger partial charge in [-0.25, -0.2) is 0 Å². The van der Waals surface area contributed by atoms with E-state index in [1.807, 2.05) is 4.90 Å². The van der Waals surface area contributed by atoms with Crippen molar-refractivity contribution in [2.24, 2.45) is 0 Å². The summed E-state index contributed by atoms with van der Waals surface area (Å²) in [6, 6.07) is -0.486. The van der Waals surface area contributed by atoms with E-state index in [1.54, 1.807) is 7.11 Å². The third kappa shape index (κ3) is 3.25. The SMILES string of the molecule is COCCCN1CCOCC1C(=O)O. The molecule has 1 fully saturated rings. The van der Waals surface area contributed by atoms with Crippen LogP contribution in [0.2, 0.25) is 0 Å². The first-order chi connectivity index (χ1) is 6.75. The van der Waals surface area contributed by atoms with E-state index in [1.165, 1.54) is 0 Å². The van der Waals surface area contributed by atoms with Gasteiger partial charge in [-0.3, -0.25) is 9.69 Å². The van der Waals surface area contributed by atoms with Gasteiger partial charge in [0, 0.05) is 26.8 Å². The Balaban J connectivity index is 2.34. The van der Waals surface area contributed by atoms with Crippen LogP contribution < -0.4 is 0 Å². The lowest BCUT2D eigenvalue weighted by atomic mass is 10.2. The average Bonchev–Trinajstić information content (AvgIpc) is 2.19. The number of nitrogens with zero attached hydrogens (tertiary/aromatic N) is 1. The first kappa shape index (κ1) is 11.4. The standard InChI is InChI=1S/C9H17NO4/c1-13-5-2-3-10-4-6-14-7-8(10)9(11)12/h8H,2-7H2,1H3,(H,11,12). The largest absolute Gasteiger partial charge is 0.480 e. The molecule has 0 aromatic carbocycles. The molecule has 1 rings (SSSR count). The lowest BCUT2D eigenvalue weighted by Crippen LogP contribution is -2.50. The zero-order valence-corrected chi connectivity index (χ0v) is 8.44. The monoisotopic (exact) mass is 203 g/mol. The van der Waals surface area contributed by atoms with Crippen molar-refractivity contribution >= 4 is 5.97 Å². The Bertz CT molecular complexity index is 186. The molecule has 1 aliphatic heterocycles. The average molecular weight is 203 g/mol. The molecule has 5 heteroatoms. The molecule has 1 saturated heterocycles. The van der Waals surface area contributed by atoms with Crippen molar-refractivity contribution in [3.05, 3.63) is 0 Å². The highest BCUT2D eigenvalue weighted by molar-refractivity contribution is 5.73. The topological polar surface area (TPSA) is 59.0 Å². The molecule has 0 saturated carbocycles. The summed E-state index contributed by atoms with van der Waals surface area (Å²) in [4.78, 5) is 12.8. The third-order valence-corrected chi connectivity index (χ3v) is 2.32. The summed E-state index contributed by atoms with van der Waals surface area (Å²) in [5.74, 6) is -0.804. The number of hydrogen-bond donors (Lipinski definition) is 1. The zero-order chi connectivity index (χ0) is 10.4. The highest BCUT2D eigenvalue weighted by atomic mass is 16.5. The molecule has 5 nitrogen and oxygen atoms in total. The number of methoxy groups -OCH3 is 1. The number of aliphatic carboxylic acids is 1. The van der Waals surface area contributed by atoms with Gasteiger partial charge in [0.1, 0.15) is 6.04 Å². The van der Waals surface area contributed by atoms with Crippen molar-refractivity contribution in [1.29, 1.82) is 0 Å². The van der Waals surface area contributed by atoms with Gasteiger partial charge in [-0.05, 0) is 6.42 Å². The van der Waals surface area contributed by atoms with Crippen molar-refractivity contribution in [3.8, 4) is 0 Å². The minimum atomic E-state index is -0.804. The van der Waals surface area contributed by atoms with Crippen molar-refractivity contribution in [2.45, 2.75) is 12.5 Å². The predicted molar refractivity (Wildman–Crippen MR) is 50.3 cm³/mol. The lowest BCUT2D eigenvalue weighted by Gasteiger charge is -2.32. The van der Waals surface area contributed by atoms with E-state index in [2.05, 4.69) is 0 Å². The molecule has 14 heavy (non-hydrogen) atoms. The van der Waals surface area contributed by atoms with Crippen LogP contribution in [0.5, 0.6) is 0 Å². The van der Waals surface area contributed by atoms with E-state index in [0.717, 1.165) is 13.0 Å². The summed E-state index contributed by atoms with van der Waals surface area (Å²) in [7, 11) is 1.65. The summed E-state index contributed by atoms with van der Waals surface area (Å²) in [6.07, 6.45) is 0.861. The Morgan fingerprint density at radius 1 is 1.71 bits per heavy atom. The van der Waals surface area contributed by atoms with Crippen molar-refractivity contribution in [2.75, 3.05) is 40.0 Å². The van der Waals surface area contributed by atoms with E-state index in [4.69, 9.17) is 14.6 Å². The maximum Gasteiger partial charge on any atom is 0.323 e. The maximum absolute atomic E-state index is 10.8. The zero-order valence-electron chi connectivity index (χ0n) is 8.44. The Kier molecular flexibility index (Phi) is 4.86. The summed E-state index contributed by atoms with van der Waals surface area (Å²) in [6.45, 7) is 3.04. The summed E-state index contributed by atoms with van der Waals surface area (Å²) in [5, 5.41) is 8.91. The second-order valence-electron chi connectivity index (χ2n) is 3.31. The highest BCUT2D eigenvalue weighted by Gasteiger charge is 2.28. The second-order valence-corrected chi connectivity index (χ2v) is 3.31. The van der Waals surface area contributed by atoms with E-state index in [9.17, 15) is 4.79 Å². The number of hydrogen-bond acceptors (Lipinski definition) is 4. The fourth-order valence-corrected chi connectivity index (χ4v) is 1.55. The van der Waals surface area contributed by atoms with E-state index < -0.39 is 12.0 Å². The molecule has 82 valence electrons. The second kappa shape index (κ2) is 5.95. The van der Waals surface area contributed by atoms with Gasteiger partial charge in [0.15, 0.2) is 0 Å². The number of morpholine rings is 1. The van der Waals surface area contributed by atoms with Crippen LogP contribution in [0.4, 0.5) is 0 Å².